The van der Waals surface area contributed by atoms with Gasteiger partial charge in [-0.3, -0.25) is 4.79 Å². The van der Waals surface area contributed by atoms with E-state index in [2.05, 4.69) is 26.0 Å². The Morgan fingerprint density at radius 2 is 2.06 bits per heavy atom. The van der Waals surface area contributed by atoms with Gasteiger partial charge in [0.15, 0.2) is 5.78 Å². The second-order valence-electron chi connectivity index (χ2n) is 5.03. The average Bonchev–Trinajstić information content (AvgIpc) is 2.16. The first-order valence-corrected chi connectivity index (χ1v) is 6.01. The Morgan fingerprint density at radius 1 is 1.38 bits per heavy atom. The molecule has 0 amide bonds. The van der Waals surface area contributed by atoms with Crippen LogP contribution < -0.4 is 0 Å². The third-order valence-electron chi connectivity index (χ3n) is 2.96. The van der Waals surface area contributed by atoms with Crippen molar-refractivity contribution in [3.8, 4) is 0 Å². The lowest BCUT2D eigenvalue weighted by molar-refractivity contribution is -0.115. The van der Waals surface area contributed by atoms with Gasteiger partial charge in [0.1, 0.15) is 0 Å². The Kier molecular flexibility index (Phi) is 4.72. The maximum absolute atomic E-state index is 11.7. The number of carbonyl (C=O) groups is 1. The summed E-state index contributed by atoms with van der Waals surface area (Å²) in [5, 5.41) is 0. The number of allylic oxidation sites excluding steroid dienone is 6. The van der Waals surface area contributed by atoms with Gasteiger partial charge in [-0.05, 0) is 45.6 Å². The van der Waals surface area contributed by atoms with E-state index in [1.165, 1.54) is 11.1 Å². The van der Waals surface area contributed by atoms with Crippen LogP contribution in [0.15, 0.2) is 34.9 Å². The monoisotopic (exact) mass is 218 g/mol. The van der Waals surface area contributed by atoms with Gasteiger partial charge >= 0.3 is 0 Å². The highest BCUT2D eigenvalue weighted by molar-refractivity contribution is 5.90. The van der Waals surface area contributed by atoms with E-state index in [9.17, 15) is 4.79 Å². The Labute approximate surface area is 98.9 Å². The van der Waals surface area contributed by atoms with E-state index in [0.29, 0.717) is 12.3 Å². The fraction of sp³-hybridized carbons (Fsp3) is 0.533. The number of carbonyl (C=O) groups excluding carboxylic acids is 1. The van der Waals surface area contributed by atoms with Crippen molar-refractivity contribution >= 4 is 5.78 Å². The number of hydrogen-bond donors (Lipinski definition) is 0. The summed E-state index contributed by atoms with van der Waals surface area (Å²) >= 11 is 0. The topological polar surface area (TPSA) is 17.1 Å². The molecule has 1 aliphatic rings. The minimum absolute atomic E-state index is 0.250. The van der Waals surface area contributed by atoms with Crippen molar-refractivity contribution in [3.05, 3.63) is 34.9 Å². The molecule has 1 aliphatic carbocycles. The Bertz CT molecular complexity index is 352. The van der Waals surface area contributed by atoms with Crippen molar-refractivity contribution in [2.24, 2.45) is 5.92 Å². The molecule has 16 heavy (non-hydrogen) atoms. The highest BCUT2D eigenvalue weighted by atomic mass is 16.1. The summed E-state index contributed by atoms with van der Waals surface area (Å²) < 4.78 is 0. The van der Waals surface area contributed by atoms with E-state index >= 15 is 0 Å². The SMILES string of the molecule is CC(C)=CC(=O)CC(C)C1=CCC(C)=CC1. The highest BCUT2D eigenvalue weighted by Crippen LogP contribution is 2.25. The van der Waals surface area contributed by atoms with Gasteiger partial charge in [0.2, 0.25) is 0 Å². The second kappa shape index (κ2) is 5.83. The van der Waals surface area contributed by atoms with E-state index in [-0.39, 0.29) is 5.78 Å². The van der Waals surface area contributed by atoms with E-state index in [4.69, 9.17) is 0 Å². The molecular formula is C15H22O. The van der Waals surface area contributed by atoms with Gasteiger partial charge in [-0.2, -0.15) is 0 Å². The molecule has 0 radical (unpaired) electrons. The lowest BCUT2D eigenvalue weighted by Gasteiger charge is -2.17. The van der Waals surface area contributed by atoms with Gasteiger partial charge < -0.3 is 0 Å². The van der Waals surface area contributed by atoms with Crippen LogP contribution in [0.2, 0.25) is 0 Å². The minimum Gasteiger partial charge on any atom is -0.295 e. The summed E-state index contributed by atoms with van der Waals surface area (Å²) in [5.74, 6) is 0.632. The van der Waals surface area contributed by atoms with Crippen LogP contribution in [0.4, 0.5) is 0 Å². The zero-order chi connectivity index (χ0) is 12.1. The van der Waals surface area contributed by atoms with Crippen LogP contribution in [-0.2, 0) is 4.79 Å². The molecule has 1 atom stereocenters. The van der Waals surface area contributed by atoms with Gasteiger partial charge in [-0.1, -0.05) is 35.8 Å². The molecule has 0 bridgehead atoms. The van der Waals surface area contributed by atoms with Crippen LogP contribution in [0, 0.1) is 5.92 Å². The minimum atomic E-state index is 0.250. The zero-order valence-electron chi connectivity index (χ0n) is 10.8. The molecule has 0 spiro atoms. The summed E-state index contributed by atoms with van der Waals surface area (Å²) in [4.78, 5) is 11.7. The lowest BCUT2D eigenvalue weighted by Crippen LogP contribution is -2.07. The van der Waals surface area contributed by atoms with Crippen LogP contribution in [0.5, 0.6) is 0 Å². The molecule has 0 N–H and O–H groups in total. The van der Waals surface area contributed by atoms with Crippen LogP contribution in [0.25, 0.3) is 0 Å². The fourth-order valence-corrected chi connectivity index (χ4v) is 1.97. The maximum Gasteiger partial charge on any atom is 0.156 e. The van der Waals surface area contributed by atoms with E-state index in [0.717, 1.165) is 18.4 Å². The standard InChI is InChI=1S/C15H22O/c1-11(2)9-15(16)10-13(4)14-7-5-12(3)6-8-14/h5,8-9,13H,6-7,10H2,1-4H3. The van der Waals surface area contributed by atoms with Crippen molar-refractivity contribution in [1.82, 2.24) is 0 Å². The molecule has 0 heterocycles. The van der Waals surface area contributed by atoms with Crippen LogP contribution >= 0.6 is 0 Å². The third kappa shape index (κ3) is 4.18. The van der Waals surface area contributed by atoms with Crippen molar-refractivity contribution < 1.29 is 4.79 Å². The highest BCUT2D eigenvalue weighted by Gasteiger charge is 2.13. The van der Waals surface area contributed by atoms with Crippen molar-refractivity contribution in [1.29, 1.82) is 0 Å². The van der Waals surface area contributed by atoms with E-state index in [1.54, 1.807) is 6.08 Å². The summed E-state index contributed by atoms with van der Waals surface area (Å²) in [5.41, 5.74) is 3.94. The first-order chi connectivity index (χ1) is 7.49. The van der Waals surface area contributed by atoms with Gasteiger partial charge in [-0.25, -0.2) is 0 Å². The summed E-state index contributed by atoms with van der Waals surface area (Å²) in [6.07, 6.45) is 9.03. The van der Waals surface area contributed by atoms with Crippen molar-refractivity contribution in [2.45, 2.75) is 47.0 Å². The smallest absolute Gasteiger partial charge is 0.156 e. The quantitative estimate of drug-likeness (QED) is 0.510. The molecule has 0 fully saturated rings. The normalized spacial score (nSPS) is 17.2. The molecule has 1 nitrogen and oxygen atoms in total. The zero-order valence-corrected chi connectivity index (χ0v) is 10.8. The molecule has 1 unspecified atom stereocenters. The second-order valence-corrected chi connectivity index (χ2v) is 5.03. The largest absolute Gasteiger partial charge is 0.295 e. The summed E-state index contributed by atoms with van der Waals surface area (Å²) in [7, 11) is 0. The van der Waals surface area contributed by atoms with E-state index in [1.807, 2.05) is 13.8 Å². The first-order valence-electron chi connectivity index (χ1n) is 6.01. The van der Waals surface area contributed by atoms with Gasteiger partial charge in [-0.15, -0.1) is 0 Å². The maximum atomic E-state index is 11.7. The molecule has 88 valence electrons. The van der Waals surface area contributed by atoms with Crippen molar-refractivity contribution in [2.75, 3.05) is 0 Å². The molecule has 1 heteroatoms. The molecule has 0 saturated heterocycles. The lowest BCUT2D eigenvalue weighted by atomic mass is 9.88. The predicted molar refractivity (Wildman–Crippen MR) is 69.3 cm³/mol. The van der Waals surface area contributed by atoms with Gasteiger partial charge in [0, 0.05) is 6.42 Å². The molecule has 0 aromatic carbocycles. The van der Waals surface area contributed by atoms with Crippen LogP contribution in [0.3, 0.4) is 0 Å². The first kappa shape index (κ1) is 13.0. The molecule has 1 rings (SSSR count). The Hall–Kier alpha value is -1.11. The molecule has 0 aromatic rings. The fourth-order valence-electron chi connectivity index (χ4n) is 1.97. The van der Waals surface area contributed by atoms with Crippen molar-refractivity contribution in [3.63, 3.8) is 0 Å². The summed E-state index contributed by atoms with van der Waals surface area (Å²) in [6, 6.07) is 0. The average molecular weight is 218 g/mol. The third-order valence-corrected chi connectivity index (χ3v) is 2.96. The molecular weight excluding hydrogens is 196 g/mol. The number of rotatable bonds is 4. The van der Waals surface area contributed by atoms with Crippen LogP contribution in [-0.4, -0.2) is 5.78 Å². The Balaban J connectivity index is 2.51. The number of ketones is 1. The summed E-state index contributed by atoms with van der Waals surface area (Å²) in [6.45, 7) is 8.24. The molecule has 0 aromatic heterocycles. The predicted octanol–water partition coefficient (Wildman–Crippen LogP) is 4.21. The molecule has 0 saturated carbocycles. The Morgan fingerprint density at radius 3 is 2.56 bits per heavy atom. The van der Waals surface area contributed by atoms with Gasteiger partial charge in [0.05, 0.1) is 0 Å². The number of hydrogen-bond acceptors (Lipinski definition) is 1. The van der Waals surface area contributed by atoms with Crippen LogP contribution in [0.1, 0.15) is 47.0 Å². The van der Waals surface area contributed by atoms with E-state index < -0.39 is 0 Å². The molecule has 0 aliphatic heterocycles. The van der Waals surface area contributed by atoms with Gasteiger partial charge in [0.25, 0.3) is 0 Å².